The number of amides is 2. The number of β-amino-alcohol motifs (C(OH)–C–C–N with tert-alkyl or cyclic N) is 1. The van der Waals surface area contributed by atoms with E-state index in [1.807, 2.05) is 48.5 Å². The Morgan fingerprint density at radius 1 is 1.18 bits per heavy atom. The molecular weight excluding hydrogens is 356 g/mol. The van der Waals surface area contributed by atoms with Crippen molar-refractivity contribution in [2.75, 3.05) is 19.6 Å². The van der Waals surface area contributed by atoms with Gasteiger partial charge in [0.15, 0.2) is 0 Å². The van der Waals surface area contributed by atoms with Gasteiger partial charge in [-0.3, -0.25) is 9.59 Å². The third-order valence-electron chi connectivity index (χ3n) is 5.46. The molecule has 28 heavy (non-hydrogen) atoms. The number of fused-ring (bicyclic) bond motifs is 1. The molecule has 2 amide bonds. The molecule has 2 aliphatic rings. The summed E-state index contributed by atoms with van der Waals surface area (Å²) in [6.45, 7) is 2.83. The second kappa shape index (κ2) is 7.28. The largest absolute Gasteiger partial charge is 0.487 e. The number of hydrogen-bond acceptors (Lipinski definition) is 4. The summed E-state index contributed by atoms with van der Waals surface area (Å²) in [4.78, 5) is 28.5. The molecule has 0 bridgehead atoms. The zero-order valence-electron chi connectivity index (χ0n) is 15.9. The first kappa shape index (κ1) is 18.5. The SMILES string of the molecule is C[C@]1(O)CN(C(=O)CN2Cc3ccccc3C2=O)CC[C@@H]1Oc1ccccc1. The molecule has 1 saturated heterocycles. The van der Waals surface area contributed by atoms with Crippen molar-refractivity contribution in [1.29, 1.82) is 0 Å². The summed E-state index contributed by atoms with van der Waals surface area (Å²) in [5, 5.41) is 10.9. The number of rotatable bonds is 4. The molecule has 2 atom stereocenters. The lowest BCUT2D eigenvalue weighted by molar-refractivity contribution is -0.146. The Labute approximate surface area is 164 Å². The van der Waals surface area contributed by atoms with E-state index in [9.17, 15) is 14.7 Å². The minimum absolute atomic E-state index is 0.0216. The smallest absolute Gasteiger partial charge is 0.254 e. The van der Waals surface area contributed by atoms with Gasteiger partial charge in [-0.1, -0.05) is 36.4 Å². The highest BCUT2D eigenvalue weighted by Crippen LogP contribution is 2.27. The maximum atomic E-state index is 12.8. The molecule has 4 rings (SSSR count). The average molecular weight is 380 g/mol. The van der Waals surface area contributed by atoms with Crippen molar-refractivity contribution in [2.24, 2.45) is 0 Å². The number of benzene rings is 2. The van der Waals surface area contributed by atoms with Crippen molar-refractivity contribution in [3.8, 4) is 5.75 Å². The van der Waals surface area contributed by atoms with Crippen LogP contribution in [0, 0.1) is 0 Å². The van der Waals surface area contributed by atoms with Crippen molar-refractivity contribution >= 4 is 11.8 Å². The predicted molar refractivity (Wildman–Crippen MR) is 104 cm³/mol. The fourth-order valence-corrected chi connectivity index (χ4v) is 3.92. The summed E-state index contributed by atoms with van der Waals surface area (Å²) < 4.78 is 5.94. The Bertz CT molecular complexity index is 881. The third kappa shape index (κ3) is 3.60. The van der Waals surface area contributed by atoms with Gasteiger partial charge in [-0.25, -0.2) is 0 Å². The molecule has 2 aliphatic heterocycles. The van der Waals surface area contributed by atoms with Crippen molar-refractivity contribution in [3.05, 3.63) is 65.7 Å². The van der Waals surface area contributed by atoms with E-state index in [1.54, 1.807) is 22.8 Å². The molecule has 146 valence electrons. The number of carbonyl (C=O) groups is 2. The number of piperidine rings is 1. The Hall–Kier alpha value is -2.86. The van der Waals surface area contributed by atoms with E-state index >= 15 is 0 Å². The molecule has 6 heteroatoms. The average Bonchev–Trinajstić information content (AvgIpc) is 3.00. The van der Waals surface area contributed by atoms with E-state index in [4.69, 9.17) is 4.74 Å². The van der Waals surface area contributed by atoms with Crippen molar-refractivity contribution in [3.63, 3.8) is 0 Å². The Balaban J connectivity index is 1.37. The van der Waals surface area contributed by atoms with Crippen LogP contribution in [-0.4, -0.2) is 58.1 Å². The number of para-hydroxylation sites is 1. The van der Waals surface area contributed by atoms with Crippen LogP contribution in [0.25, 0.3) is 0 Å². The summed E-state index contributed by atoms with van der Waals surface area (Å²) in [7, 11) is 0. The number of carbonyl (C=O) groups excluding carboxylic acids is 2. The normalized spacial score (nSPS) is 24.2. The standard InChI is InChI=1S/C22H24N2O4/c1-22(27)15-23(12-11-19(22)28-17-8-3-2-4-9-17)20(25)14-24-13-16-7-5-6-10-18(16)21(24)26/h2-10,19,27H,11-15H2,1H3/t19-,22-/m0/s1. The van der Waals surface area contributed by atoms with E-state index in [-0.39, 0.29) is 24.9 Å². The number of likely N-dealkylation sites (tertiary alicyclic amines) is 1. The minimum Gasteiger partial charge on any atom is -0.487 e. The van der Waals surface area contributed by atoms with Crippen LogP contribution in [-0.2, 0) is 11.3 Å². The fraction of sp³-hybridized carbons (Fsp3) is 0.364. The first-order valence-corrected chi connectivity index (χ1v) is 9.53. The van der Waals surface area contributed by atoms with Crippen LogP contribution in [0.2, 0.25) is 0 Å². The lowest BCUT2D eigenvalue weighted by atomic mass is 9.91. The van der Waals surface area contributed by atoms with Gasteiger partial charge in [0.2, 0.25) is 5.91 Å². The van der Waals surface area contributed by atoms with Gasteiger partial charge in [0.25, 0.3) is 5.91 Å². The van der Waals surface area contributed by atoms with E-state index in [0.717, 1.165) is 5.56 Å². The van der Waals surface area contributed by atoms with Crippen LogP contribution in [0.1, 0.15) is 29.3 Å². The van der Waals surface area contributed by atoms with Gasteiger partial charge in [0, 0.05) is 25.1 Å². The fourth-order valence-electron chi connectivity index (χ4n) is 3.92. The quantitative estimate of drug-likeness (QED) is 0.882. The van der Waals surface area contributed by atoms with Gasteiger partial charge in [-0.15, -0.1) is 0 Å². The van der Waals surface area contributed by atoms with Gasteiger partial charge in [0.05, 0.1) is 6.54 Å². The van der Waals surface area contributed by atoms with Gasteiger partial charge in [0.1, 0.15) is 24.0 Å². The minimum atomic E-state index is -1.16. The molecular formula is C22H24N2O4. The van der Waals surface area contributed by atoms with E-state index in [1.165, 1.54) is 0 Å². The summed E-state index contributed by atoms with van der Waals surface area (Å²) >= 11 is 0. The van der Waals surface area contributed by atoms with E-state index < -0.39 is 11.7 Å². The van der Waals surface area contributed by atoms with Crippen LogP contribution in [0.5, 0.6) is 5.75 Å². The highest BCUT2D eigenvalue weighted by atomic mass is 16.5. The van der Waals surface area contributed by atoms with Crippen LogP contribution in [0.3, 0.4) is 0 Å². The van der Waals surface area contributed by atoms with Crippen molar-refractivity contribution in [2.45, 2.75) is 31.6 Å². The second-order valence-electron chi connectivity index (χ2n) is 7.70. The maximum Gasteiger partial charge on any atom is 0.254 e. The molecule has 2 heterocycles. The highest BCUT2D eigenvalue weighted by Gasteiger charge is 2.42. The van der Waals surface area contributed by atoms with E-state index in [2.05, 4.69) is 0 Å². The Kier molecular flexibility index (Phi) is 4.81. The molecule has 0 radical (unpaired) electrons. The van der Waals surface area contributed by atoms with E-state index in [0.29, 0.717) is 30.8 Å². The summed E-state index contributed by atoms with van der Waals surface area (Å²) in [5.74, 6) is 0.436. The predicted octanol–water partition coefficient (Wildman–Crippen LogP) is 2.07. The van der Waals surface area contributed by atoms with Crippen LogP contribution in [0.15, 0.2) is 54.6 Å². The van der Waals surface area contributed by atoms with Crippen LogP contribution in [0.4, 0.5) is 0 Å². The van der Waals surface area contributed by atoms with Gasteiger partial charge < -0.3 is 19.6 Å². The molecule has 2 aromatic carbocycles. The number of ether oxygens (including phenoxy) is 1. The molecule has 0 spiro atoms. The molecule has 1 N–H and O–H groups in total. The molecule has 0 aliphatic carbocycles. The zero-order chi connectivity index (χ0) is 19.7. The number of aliphatic hydroxyl groups is 1. The molecule has 0 aromatic heterocycles. The van der Waals surface area contributed by atoms with Crippen LogP contribution < -0.4 is 4.74 Å². The monoisotopic (exact) mass is 380 g/mol. The summed E-state index contributed by atoms with van der Waals surface area (Å²) in [6.07, 6.45) is 0.138. The van der Waals surface area contributed by atoms with Crippen molar-refractivity contribution in [1.82, 2.24) is 9.80 Å². The maximum absolute atomic E-state index is 12.8. The van der Waals surface area contributed by atoms with Gasteiger partial charge in [-0.05, 0) is 30.7 Å². The zero-order valence-corrected chi connectivity index (χ0v) is 15.9. The molecule has 1 fully saturated rings. The summed E-state index contributed by atoms with van der Waals surface area (Å²) in [6, 6.07) is 16.8. The highest BCUT2D eigenvalue weighted by molar-refractivity contribution is 6.00. The first-order valence-electron chi connectivity index (χ1n) is 9.53. The Morgan fingerprint density at radius 2 is 1.89 bits per heavy atom. The molecule has 6 nitrogen and oxygen atoms in total. The number of nitrogens with zero attached hydrogens (tertiary/aromatic N) is 2. The lowest BCUT2D eigenvalue weighted by Crippen LogP contribution is -2.59. The third-order valence-corrected chi connectivity index (χ3v) is 5.46. The van der Waals surface area contributed by atoms with Crippen LogP contribution >= 0.6 is 0 Å². The second-order valence-corrected chi connectivity index (χ2v) is 7.70. The lowest BCUT2D eigenvalue weighted by Gasteiger charge is -2.42. The Morgan fingerprint density at radius 3 is 2.61 bits per heavy atom. The first-order chi connectivity index (χ1) is 13.4. The van der Waals surface area contributed by atoms with Gasteiger partial charge in [-0.2, -0.15) is 0 Å². The van der Waals surface area contributed by atoms with Gasteiger partial charge >= 0.3 is 0 Å². The summed E-state index contributed by atoms with van der Waals surface area (Å²) in [5.41, 5.74) is 0.446. The molecule has 0 saturated carbocycles. The number of hydrogen-bond donors (Lipinski definition) is 1. The molecule has 2 aromatic rings. The molecule has 0 unspecified atom stereocenters. The topological polar surface area (TPSA) is 70.1 Å². The van der Waals surface area contributed by atoms with Crippen molar-refractivity contribution < 1.29 is 19.4 Å².